The third-order valence-electron chi connectivity index (χ3n) is 3.81. The van der Waals surface area contributed by atoms with E-state index in [1.54, 1.807) is 0 Å². The molecule has 0 unspecified atom stereocenters. The number of ketones is 1. The molecule has 0 spiro atoms. The lowest BCUT2D eigenvalue weighted by molar-refractivity contribution is -0.119. The maximum Gasteiger partial charge on any atom is 0.138 e. The van der Waals surface area contributed by atoms with Crippen LogP contribution in [-0.4, -0.2) is 5.78 Å². The van der Waals surface area contributed by atoms with Crippen molar-refractivity contribution in [1.29, 1.82) is 0 Å². The van der Waals surface area contributed by atoms with Crippen molar-refractivity contribution in [3.8, 4) is 0 Å². The largest absolute Gasteiger partial charge is 0.299 e. The second-order valence-corrected chi connectivity index (χ2v) is 5.03. The molecule has 0 aliphatic heterocycles. The average Bonchev–Trinajstić information content (AvgIpc) is 2.38. The zero-order valence-electron chi connectivity index (χ0n) is 10.5. The highest BCUT2D eigenvalue weighted by atomic mass is 16.1. The lowest BCUT2D eigenvalue weighted by atomic mass is 9.77. The van der Waals surface area contributed by atoms with Gasteiger partial charge in [-0.2, -0.15) is 0 Å². The Morgan fingerprint density at radius 3 is 2.39 bits per heavy atom. The number of fused-ring (bicyclic) bond motifs is 1. The van der Waals surface area contributed by atoms with Gasteiger partial charge in [-0.25, -0.2) is 0 Å². The van der Waals surface area contributed by atoms with Gasteiger partial charge in [0, 0.05) is 18.8 Å². The van der Waals surface area contributed by atoms with Crippen molar-refractivity contribution in [2.24, 2.45) is 0 Å². The van der Waals surface area contributed by atoms with E-state index in [1.807, 2.05) is 6.07 Å². The van der Waals surface area contributed by atoms with Crippen LogP contribution in [0.3, 0.4) is 0 Å². The number of rotatable bonds is 1. The fourth-order valence-corrected chi connectivity index (χ4v) is 2.91. The number of Topliss-reactive ketones (excluding diaryl/α,β-unsaturated/α-hetero) is 1. The number of hydrogen-bond donors (Lipinski definition) is 0. The van der Waals surface area contributed by atoms with Gasteiger partial charge in [-0.05, 0) is 29.2 Å². The Balaban J connectivity index is 2.13. The number of carbonyl (C=O) groups excluding carboxylic acids is 1. The molecular weight excluding hydrogens is 220 g/mol. The Morgan fingerprint density at radius 1 is 0.944 bits per heavy atom. The van der Waals surface area contributed by atoms with E-state index in [-0.39, 0.29) is 5.92 Å². The van der Waals surface area contributed by atoms with Crippen molar-refractivity contribution in [2.75, 3.05) is 0 Å². The minimum absolute atomic E-state index is 0.239. The molecule has 2 aromatic rings. The van der Waals surface area contributed by atoms with Crippen molar-refractivity contribution in [3.05, 3.63) is 70.8 Å². The summed E-state index contributed by atoms with van der Waals surface area (Å²) in [6.45, 7) is 2.12. The molecule has 0 aromatic heterocycles. The smallest absolute Gasteiger partial charge is 0.138 e. The van der Waals surface area contributed by atoms with E-state index in [4.69, 9.17) is 0 Å². The predicted molar refractivity (Wildman–Crippen MR) is 72.8 cm³/mol. The lowest BCUT2D eigenvalue weighted by Gasteiger charge is -2.26. The summed E-state index contributed by atoms with van der Waals surface area (Å²) in [7, 11) is 0. The fourth-order valence-electron chi connectivity index (χ4n) is 2.91. The average molecular weight is 236 g/mol. The molecule has 3 rings (SSSR count). The molecule has 1 heteroatoms. The second kappa shape index (κ2) is 4.41. The zero-order chi connectivity index (χ0) is 12.5. The van der Waals surface area contributed by atoms with Crippen LogP contribution in [0.15, 0.2) is 48.5 Å². The van der Waals surface area contributed by atoms with Gasteiger partial charge in [0.2, 0.25) is 0 Å². The first-order valence-electron chi connectivity index (χ1n) is 6.41. The summed E-state index contributed by atoms with van der Waals surface area (Å²) < 4.78 is 0. The van der Waals surface area contributed by atoms with E-state index in [2.05, 4.69) is 49.4 Å². The number of benzene rings is 2. The fraction of sp³-hybridized carbons (Fsp3) is 0.235. The van der Waals surface area contributed by atoms with Crippen LogP contribution in [0, 0.1) is 6.92 Å². The molecule has 2 aromatic carbocycles. The Morgan fingerprint density at radius 2 is 1.61 bits per heavy atom. The van der Waals surface area contributed by atoms with Gasteiger partial charge in [-0.15, -0.1) is 0 Å². The summed E-state index contributed by atoms with van der Waals surface area (Å²) >= 11 is 0. The van der Waals surface area contributed by atoms with Gasteiger partial charge < -0.3 is 0 Å². The Hall–Kier alpha value is -1.89. The summed E-state index contributed by atoms with van der Waals surface area (Å²) in [6.07, 6.45) is 1.24. The quantitative estimate of drug-likeness (QED) is 0.738. The van der Waals surface area contributed by atoms with Crippen molar-refractivity contribution >= 4 is 5.78 Å². The molecule has 0 N–H and O–H groups in total. The summed E-state index contributed by atoms with van der Waals surface area (Å²) in [5.74, 6) is 0.589. The molecule has 0 saturated carbocycles. The monoisotopic (exact) mass is 236 g/mol. The van der Waals surface area contributed by atoms with Gasteiger partial charge in [0.1, 0.15) is 5.78 Å². The highest BCUT2D eigenvalue weighted by Gasteiger charge is 2.26. The van der Waals surface area contributed by atoms with Crippen LogP contribution in [0.5, 0.6) is 0 Å². The molecule has 0 saturated heterocycles. The summed E-state index contributed by atoms with van der Waals surface area (Å²) in [5.41, 5.74) is 5.08. The first kappa shape index (κ1) is 11.2. The molecule has 1 aliphatic carbocycles. The molecule has 18 heavy (non-hydrogen) atoms. The van der Waals surface area contributed by atoms with Gasteiger partial charge in [0.05, 0.1) is 0 Å². The summed E-state index contributed by atoms with van der Waals surface area (Å²) in [6, 6.07) is 16.7. The molecule has 1 atom stereocenters. The van der Waals surface area contributed by atoms with E-state index >= 15 is 0 Å². The molecule has 1 aliphatic rings. The highest BCUT2D eigenvalue weighted by Crippen LogP contribution is 2.36. The lowest BCUT2D eigenvalue weighted by Crippen LogP contribution is -2.19. The number of hydrogen-bond acceptors (Lipinski definition) is 1. The minimum atomic E-state index is 0.239. The Bertz CT molecular complexity index is 598. The van der Waals surface area contributed by atoms with E-state index in [1.165, 1.54) is 22.3 Å². The van der Waals surface area contributed by atoms with Crippen molar-refractivity contribution in [2.45, 2.75) is 25.7 Å². The third-order valence-corrected chi connectivity index (χ3v) is 3.81. The molecule has 0 fully saturated rings. The summed E-state index contributed by atoms with van der Waals surface area (Å²) in [4.78, 5) is 11.9. The molecule has 0 heterocycles. The predicted octanol–water partition coefficient (Wildman–Crippen LogP) is 3.64. The zero-order valence-corrected chi connectivity index (χ0v) is 10.5. The van der Waals surface area contributed by atoms with Gasteiger partial charge in [0.25, 0.3) is 0 Å². The normalized spacial score (nSPS) is 18.5. The third kappa shape index (κ3) is 1.86. The van der Waals surface area contributed by atoms with Crippen LogP contribution in [0.25, 0.3) is 0 Å². The topological polar surface area (TPSA) is 17.1 Å². The van der Waals surface area contributed by atoms with Gasteiger partial charge in [-0.1, -0.05) is 48.5 Å². The van der Waals surface area contributed by atoms with E-state index in [0.717, 1.165) is 0 Å². The van der Waals surface area contributed by atoms with Crippen LogP contribution >= 0.6 is 0 Å². The van der Waals surface area contributed by atoms with Crippen LogP contribution in [0.4, 0.5) is 0 Å². The molecule has 0 amide bonds. The van der Waals surface area contributed by atoms with Crippen molar-refractivity contribution < 1.29 is 4.79 Å². The standard InChI is InChI=1S/C17H16O/c1-12-6-2-4-8-15(12)17-11-14(18)10-13-7-3-5-9-16(13)17/h2-9,17H,10-11H2,1H3/t17-/m0/s1. The molecular formula is C17H16O. The van der Waals surface area contributed by atoms with Crippen LogP contribution in [-0.2, 0) is 11.2 Å². The molecule has 1 nitrogen and oxygen atoms in total. The van der Waals surface area contributed by atoms with Crippen molar-refractivity contribution in [1.82, 2.24) is 0 Å². The molecule has 90 valence electrons. The second-order valence-electron chi connectivity index (χ2n) is 5.03. The van der Waals surface area contributed by atoms with Crippen LogP contribution < -0.4 is 0 Å². The van der Waals surface area contributed by atoms with E-state index < -0.39 is 0 Å². The van der Waals surface area contributed by atoms with Gasteiger partial charge in [-0.3, -0.25) is 4.79 Å². The van der Waals surface area contributed by atoms with Crippen LogP contribution in [0.2, 0.25) is 0 Å². The van der Waals surface area contributed by atoms with Crippen molar-refractivity contribution in [3.63, 3.8) is 0 Å². The SMILES string of the molecule is Cc1ccccc1[C@@H]1CC(=O)Cc2ccccc21. The maximum atomic E-state index is 11.9. The van der Waals surface area contributed by atoms with Crippen LogP contribution in [0.1, 0.15) is 34.6 Å². The minimum Gasteiger partial charge on any atom is -0.299 e. The Kier molecular flexibility index (Phi) is 2.75. The maximum absolute atomic E-state index is 11.9. The highest BCUT2D eigenvalue weighted by molar-refractivity contribution is 5.85. The number of carbonyl (C=O) groups is 1. The van der Waals surface area contributed by atoms with E-state index in [9.17, 15) is 4.79 Å². The first-order chi connectivity index (χ1) is 8.75. The summed E-state index contributed by atoms with van der Waals surface area (Å²) in [5, 5.41) is 0. The molecule has 0 radical (unpaired) electrons. The Labute approximate surface area is 107 Å². The number of aryl methyl sites for hydroxylation is 1. The van der Waals surface area contributed by atoms with Gasteiger partial charge >= 0.3 is 0 Å². The van der Waals surface area contributed by atoms with E-state index in [0.29, 0.717) is 18.6 Å². The molecule has 0 bridgehead atoms. The van der Waals surface area contributed by atoms with Gasteiger partial charge in [0.15, 0.2) is 0 Å². The first-order valence-corrected chi connectivity index (χ1v) is 6.41.